The molecule has 1 N–H and O–H groups in total. The first kappa shape index (κ1) is 20.8. The molecule has 0 saturated carbocycles. The summed E-state index contributed by atoms with van der Waals surface area (Å²) in [4.78, 5) is 14.3. The van der Waals surface area contributed by atoms with Crippen molar-refractivity contribution >= 4 is 29.0 Å². The molecule has 0 spiro atoms. The number of nitrogens with zero attached hydrogens (tertiary/aromatic N) is 2. The van der Waals surface area contributed by atoms with E-state index in [4.69, 9.17) is 4.74 Å². The summed E-state index contributed by atoms with van der Waals surface area (Å²) in [6.45, 7) is 0.754. The van der Waals surface area contributed by atoms with Crippen molar-refractivity contribution in [3.8, 4) is 6.07 Å². The van der Waals surface area contributed by atoms with Gasteiger partial charge in [0, 0.05) is 30.7 Å². The van der Waals surface area contributed by atoms with Gasteiger partial charge in [-0.15, -0.1) is 0 Å². The Morgan fingerprint density at radius 1 is 0.933 bits per heavy atom. The Labute approximate surface area is 176 Å². The standard InChI is InChI=1S/C25H23N3O2/c1-30-17-16-27-25(29)21(19-26)18-20-12-14-24(15-13-20)28(22-8-4-2-5-9-22)23-10-6-3-7-11-23/h2-15,18H,16-17H2,1H3,(H,27,29)/b21-18+. The molecule has 0 aliphatic carbocycles. The van der Waals surface area contributed by atoms with E-state index in [0.29, 0.717) is 13.2 Å². The number of rotatable bonds is 8. The molecule has 0 aliphatic rings. The highest BCUT2D eigenvalue weighted by Gasteiger charge is 2.12. The van der Waals surface area contributed by atoms with Crippen molar-refractivity contribution in [1.29, 1.82) is 5.26 Å². The van der Waals surface area contributed by atoms with Gasteiger partial charge in [-0.2, -0.15) is 5.26 Å². The molecule has 5 nitrogen and oxygen atoms in total. The number of nitrogens with one attached hydrogen (secondary N) is 1. The predicted octanol–water partition coefficient (Wildman–Crippen LogP) is 4.83. The van der Waals surface area contributed by atoms with Gasteiger partial charge in [-0.05, 0) is 48.0 Å². The van der Waals surface area contributed by atoms with Crippen LogP contribution in [0.2, 0.25) is 0 Å². The summed E-state index contributed by atoms with van der Waals surface area (Å²) in [6.07, 6.45) is 1.58. The summed E-state index contributed by atoms with van der Waals surface area (Å²) in [6, 6.07) is 29.9. The smallest absolute Gasteiger partial charge is 0.262 e. The second kappa shape index (κ2) is 10.6. The molecule has 0 bridgehead atoms. The van der Waals surface area contributed by atoms with Crippen LogP contribution in [0.4, 0.5) is 17.1 Å². The lowest BCUT2D eigenvalue weighted by Crippen LogP contribution is -2.27. The maximum absolute atomic E-state index is 12.1. The number of anilines is 3. The molecule has 0 heterocycles. The number of benzene rings is 3. The third-order valence-corrected chi connectivity index (χ3v) is 4.45. The largest absolute Gasteiger partial charge is 0.383 e. The first-order valence-electron chi connectivity index (χ1n) is 9.62. The van der Waals surface area contributed by atoms with Crippen LogP contribution in [0.25, 0.3) is 6.08 Å². The van der Waals surface area contributed by atoms with Gasteiger partial charge < -0.3 is 15.0 Å². The minimum absolute atomic E-state index is 0.0572. The molecule has 30 heavy (non-hydrogen) atoms. The molecule has 3 aromatic rings. The lowest BCUT2D eigenvalue weighted by Gasteiger charge is -2.25. The van der Waals surface area contributed by atoms with E-state index in [1.54, 1.807) is 13.2 Å². The van der Waals surface area contributed by atoms with Gasteiger partial charge in [0.25, 0.3) is 5.91 Å². The molecule has 0 aliphatic heterocycles. The van der Waals surface area contributed by atoms with E-state index < -0.39 is 5.91 Å². The van der Waals surface area contributed by atoms with Gasteiger partial charge in [0.1, 0.15) is 11.6 Å². The van der Waals surface area contributed by atoms with Crippen molar-refractivity contribution in [3.63, 3.8) is 0 Å². The van der Waals surface area contributed by atoms with E-state index in [1.807, 2.05) is 66.7 Å². The van der Waals surface area contributed by atoms with Crippen molar-refractivity contribution < 1.29 is 9.53 Å². The topological polar surface area (TPSA) is 65.4 Å². The predicted molar refractivity (Wildman–Crippen MR) is 120 cm³/mol. The SMILES string of the molecule is COCCNC(=O)/C(C#N)=C/c1ccc(N(c2ccccc2)c2ccccc2)cc1. The fraction of sp³-hybridized carbons (Fsp3) is 0.120. The van der Waals surface area contributed by atoms with Gasteiger partial charge in [-0.1, -0.05) is 48.5 Å². The molecule has 0 aromatic heterocycles. The number of ether oxygens (including phenoxy) is 1. The number of hydrogen-bond donors (Lipinski definition) is 1. The Morgan fingerprint density at radius 2 is 1.47 bits per heavy atom. The van der Waals surface area contributed by atoms with Crippen molar-refractivity contribution in [2.45, 2.75) is 0 Å². The number of nitriles is 1. The average Bonchev–Trinajstić information content (AvgIpc) is 2.80. The fourth-order valence-corrected chi connectivity index (χ4v) is 3.00. The van der Waals surface area contributed by atoms with Crippen molar-refractivity contribution in [3.05, 3.63) is 96.1 Å². The Balaban J connectivity index is 1.87. The van der Waals surface area contributed by atoms with Crippen LogP contribution in [-0.4, -0.2) is 26.2 Å². The zero-order valence-corrected chi connectivity index (χ0v) is 16.8. The number of carbonyl (C=O) groups excluding carboxylic acids is 1. The summed E-state index contributed by atoms with van der Waals surface area (Å²) in [5.41, 5.74) is 3.90. The van der Waals surface area contributed by atoms with E-state index in [1.165, 1.54) is 0 Å². The highest BCUT2D eigenvalue weighted by molar-refractivity contribution is 6.01. The maximum Gasteiger partial charge on any atom is 0.262 e. The number of amides is 1. The molecule has 0 fully saturated rings. The zero-order chi connectivity index (χ0) is 21.2. The molecule has 0 saturated heterocycles. The third-order valence-electron chi connectivity index (χ3n) is 4.45. The number of carbonyl (C=O) groups is 1. The van der Waals surface area contributed by atoms with Crippen LogP contribution in [0.5, 0.6) is 0 Å². The molecule has 3 aromatic carbocycles. The van der Waals surface area contributed by atoms with Crippen LogP contribution < -0.4 is 10.2 Å². The Hall–Kier alpha value is -3.88. The number of para-hydroxylation sites is 2. The maximum atomic E-state index is 12.1. The zero-order valence-electron chi connectivity index (χ0n) is 16.8. The molecule has 1 amide bonds. The lowest BCUT2D eigenvalue weighted by atomic mass is 10.1. The first-order chi connectivity index (χ1) is 14.7. The Morgan fingerprint density at radius 3 is 1.97 bits per heavy atom. The molecule has 5 heteroatoms. The first-order valence-corrected chi connectivity index (χ1v) is 9.62. The molecule has 0 unspecified atom stereocenters. The molecule has 150 valence electrons. The molecule has 3 rings (SSSR count). The summed E-state index contributed by atoms with van der Waals surface area (Å²) in [7, 11) is 1.56. The van der Waals surface area contributed by atoms with Gasteiger partial charge in [0.15, 0.2) is 0 Å². The summed E-state index contributed by atoms with van der Waals surface area (Å²) in [5.74, 6) is -0.408. The lowest BCUT2D eigenvalue weighted by molar-refractivity contribution is -0.117. The second-order valence-electron chi connectivity index (χ2n) is 6.52. The van der Waals surface area contributed by atoms with E-state index in [9.17, 15) is 10.1 Å². The summed E-state index contributed by atoms with van der Waals surface area (Å²) < 4.78 is 4.91. The Bertz CT molecular complexity index is 984. The highest BCUT2D eigenvalue weighted by atomic mass is 16.5. The van der Waals surface area contributed by atoms with E-state index in [-0.39, 0.29) is 5.57 Å². The summed E-state index contributed by atoms with van der Waals surface area (Å²) >= 11 is 0. The molecule has 0 radical (unpaired) electrons. The highest BCUT2D eigenvalue weighted by Crippen LogP contribution is 2.34. The minimum atomic E-state index is -0.408. The fourth-order valence-electron chi connectivity index (χ4n) is 3.00. The van der Waals surface area contributed by atoms with E-state index in [0.717, 1.165) is 22.6 Å². The van der Waals surface area contributed by atoms with Gasteiger partial charge in [-0.25, -0.2) is 0 Å². The van der Waals surface area contributed by atoms with Gasteiger partial charge >= 0.3 is 0 Å². The van der Waals surface area contributed by atoms with Crippen molar-refractivity contribution in [2.24, 2.45) is 0 Å². The van der Waals surface area contributed by atoms with Crippen LogP contribution in [0.1, 0.15) is 5.56 Å². The second-order valence-corrected chi connectivity index (χ2v) is 6.52. The van der Waals surface area contributed by atoms with Crippen LogP contribution in [0, 0.1) is 11.3 Å². The average molecular weight is 397 g/mol. The summed E-state index contributed by atoms with van der Waals surface area (Å²) in [5, 5.41) is 12.0. The molecular weight excluding hydrogens is 374 g/mol. The van der Waals surface area contributed by atoms with Gasteiger partial charge in [0.05, 0.1) is 6.61 Å². The number of methoxy groups -OCH3 is 1. The third kappa shape index (κ3) is 5.34. The van der Waals surface area contributed by atoms with Crippen LogP contribution in [0.15, 0.2) is 90.5 Å². The van der Waals surface area contributed by atoms with Crippen LogP contribution in [0.3, 0.4) is 0 Å². The monoisotopic (exact) mass is 397 g/mol. The number of hydrogen-bond acceptors (Lipinski definition) is 4. The quantitative estimate of drug-likeness (QED) is 0.336. The van der Waals surface area contributed by atoms with Gasteiger partial charge in [0.2, 0.25) is 0 Å². The van der Waals surface area contributed by atoms with Crippen LogP contribution >= 0.6 is 0 Å². The minimum Gasteiger partial charge on any atom is -0.383 e. The molecule has 0 atom stereocenters. The van der Waals surface area contributed by atoms with Gasteiger partial charge in [-0.3, -0.25) is 4.79 Å². The normalized spacial score (nSPS) is 10.9. The Kier molecular flexibility index (Phi) is 7.37. The van der Waals surface area contributed by atoms with Crippen LogP contribution in [-0.2, 0) is 9.53 Å². The van der Waals surface area contributed by atoms with E-state index >= 15 is 0 Å². The van der Waals surface area contributed by atoms with Crippen molar-refractivity contribution in [1.82, 2.24) is 5.32 Å². The molecular formula is C25H23N3O2. The van der Waals surface area contributed by atoms with Crippen molar-refractivity contribution in [2.75, 3.05) is 25.2 Å². The van der Waals surface area contributed by atoms with E-state index in [2.05, 4.69) is 34.5 Å².